The second kappa shape index (κ2) is 5.77. The van der Waals surface area contributed by atoms with Crippen LogP contribution in [-0.2, 0) is 17.5 Å². The van der Waals surface area contributed by atoms with Gasteiger partial charge in [-0.1, -0.05) is 6.04 Å². The van der Waals surface area contributed by atoms with Crippen LogP contribution in [0.2, 0.25) is 0 Å². The molecule has 1 aliphatic rings. The number of carbonyl (C=O) groups excluding carboxylic acids is 1. The molecular formula is C16H21N3O2. The second-order valence-electron chi connectivity index (χ2n) is 5.08. The summed E-state index contributed by atoms with van der Waals surface area (Å²) in [5.41, 5.74) is 0.196. The van der Waals surface area contributed by atoms with Crippen molar-refractivity contribution in [2.24, 2.45) is 0 Å². The van der Waals surface area contributed by atoms with Crippen LogP contribution in [-0.4, -0.2) is 49.2 Å². The lowest BCUT2D eigenvalue weighted by molar-refractivity contribution is 0.177. The van der Waals surface area contributed by atoms with Gasteiger partial charge >= 0.3 is 6.09 Å². The standard InChI is InChI=1S/C16H21N3O2/c1-19(2)6-5-12-9-17-15-4-3-11(8-14(12)15)7-13-10-21-16(20)18-13/h3-4,8-9,13,17H,5-7,10H2,1-2H3,(H,18,20)/t13-/m0/s1/i3D,4D,5D2,6D2,8D. The van der Waals surface area contributed by atoms with Crippen LogP contribution in [0, 0.1) is 0 Å². The molecule has 1 fully saturated rings. The minimum Gasteiger partial charge on any atom is -0.447 e. The van der Waals surface area contributed by atoms with Crippen molar-refractivity contribution in [3.63, 3.8) is 0 Å². The quantitative estimate of drug-likeness (QED) is 0.886. The molecule has 2 N–H and O–H groups in total. The van der Waals surface area contributed by atoms with Crippen LogP contribution in [0.5, 0.6) is 0 Å². The Kier molecular flexibility index (Phi) is 2.16. The summed E-state index contributed by atoms with van der Waals surface area (Å²) in [6.07, 6.45) is -1.75. The first kappa shape index (κ1) is 7.84. The third kappa shape index (κ3) is 3.19. The van der Waals surface area contributed by atoms with Gasteiger partial charge in [-0.2, -0.15) is 0 Å². The van der Waals surface area contributed by atoms with E-state index in [2.05, 4.69) is 10.3 Å². The van der Waals surface area contributed by atoms with E-state index in [1.165, 1.54) is 20.3 Å². The Morgan fingerprint density at radius 3 is 3.10 bits per heavy atom. The van der Waals surface area contributed by atoms with Gasteiger partial charge in [-0.25, -0.2) is 4.79 Å². The highest BCUT2D eigenvalue weighted by Gasteiger charge is 2.22. The number of carbonyl (C=O) groups is 1. The fourth-order valence-corrected chi connectivity index (χ4v) is 2.13. The molecule has 5 heteroatoms. The van der Waals surface area contributed by atoms with E-state index in [4.69, 9.17) is 14.3 Å². The van der Waals surface area contributed by atoms with E-state index in [0.717, 1.165) is 4.90 Å². The maximum Gasteiger partial charge on any atom is 0.407 e. The van der Waals surface area contributed by atoms with Gasteiger partial charge < -0.3 is 19.9 Å². The lowest BCUT2D eigenvalue weighted by Gasteiger charge is -2.09. The Bertz CT molecular complexity index is 942. The number of fused-ring (bicyclic) bond motifs is 1. The predicted molar refractivity (Wildman–Crippen MR) is 82.5 cm³/mol. The summed E-state index contributed by atoms with van der Waals surface area (Å²) in [5, 5.41) is 2.63. The van der Waals surface area contributed by atoms with E-state index in [1.807, 2.05) is 0 Å². The number of likely N-dealkylation sites (N-methyl/N-ethyl adjacent to an activating group) is 1. The molecule has 0 aliphatic carbocycles. The number of alkyl carbamates (subject to hydrolysis) is 1. The van der Waals surface area contributed by atoms with Gasteiger partial charge in [0.05, 0.1) is 10.2 Å². The van der Waals surface area contributed by atoms with Crippen molar-refractivity contribution < 1.29 is 19.1 Å². The molecule has 3 rings (SSSR count). The largest absolute Gasteiger partial charge is 0.447 e. The highest BCUT2D eigenvalue weighted by atomic mass is 16.6. The molecule has 1 aromatic carbocycles. The van der Waals surface area contributed by atoms with Gasteiger partial charge in [-0.05, 0) is 50.1 Å². The number of cyclic esters (lactones) is 1. The molecule has 1 aliphatic heterocycles. The van der Waals surface area contributed by atoms with Gasteiger partial charge in [0.1, 0.15) is 6.61 Å². The molecule has 2 heterocycles. The van der Waals surface area contributed by atoms with Gasteiger partial charge in [-0.3, -0.25) is 0 Å². The van der Waals surface area contributed by atoms with Crippen LogP contribution in [0.25, 0.3) is 10.9 Å². The monoisotopic (exact) mass is 294 g/mol. The van der Waals surface area contributed by atoms with E-state index >= 15 is 0 Å². The second-order valence-corrected chi connectivity index (χ2v) is 5.08. The molecule has 1 atom stereocenters. The minimum atomic E-state index is -2.50. The molecule has 0 unspecified atom stereocenters. The molecule has 0 bridgehead atoms. The topological polar surface area (TPSA) is 57.4 Å². The number of nitrogens with zero attached hydrogens (tertiary/aromatic N) is 1. The number of ether oxygens (including phenoxy) is 1. The Morgan fingerprint density at radius 1 is 1.52 bits per heavy atom. The molecular weight excluding hydrogens is 266 g/mol. The van der Waals surface area contributed by atoms with Gasteiger partial charge in [0, 0.05) is 29.1 Å². The molecule has 0 spiro atoms. The summed E-state index contributed by atoms with van der Waals surface area (Å²) in [6, 6.07) is -1.02. The summed E-state index contributed by atoms with van der Waals surface area (Å²) in [7, 11) is 2.83. The third-order valence-electron chi connectivity index (χ3n) is 3.10. The first-order chi connectivity index (χ1) is 12.9. The van der Waals surface area contributed by atoms with E-state index in [-0.39, 0.29) is 53.2 Å². The maximum absolute atomic E-state index is 11.2. The maximum atomic E-state index is 11.2. The highest BCUT2D eigenvalue weighted by molar-refractivity contribution is 5.84. The van der Waals surface area contributed by atoms with Gasteiger partial charge in [-0.15, -0.1) is 0 Å². The zero-order chi connectivity index (χ0) is 21.0. The van der Waals surface area contributed by atoms with Crippen molar-refractivity contribution in [2.45, 2.75) is 18.8 Å². The summed E-state index contributed by atoms with van der Waals surface area (Å²) < 4.78 is 63.0. The number of aromatic amines is 1. The highest BCUT2D eigenvalue weighted by Crippen LogP contribution is 2.21. The summed E-state index contributed by atoms with van der Waals surface area (Å²) in [4.78, 5) is 15.1. The number of nitrogens with one attached hydrogen (secondary N) is 2. The first-order valence-corrected chi connectivity index (χ1v) is 6.60. The number of benzene rings is 1. The normalized spacial score (nSPS) is 24.4. The number of amides is 1. The van der Waals surface area contributed by atoms with Crippen molar-refractivity contribution in [2.75, 3.05) is 27.2 Å². The average molecular weight is 294 g/mol. The molecule has 1 aromatic heterocycles. The summed E-state index contributed by atoms with van der Waals surface area (Å²) >= 11 is 0. The van der Waals surface area contributed by atoms with Crippen molar-refractivity contribution in [3.05, 3.63) is 35.5 Å². The predicted octanol–water partition coefficient (Wildman–Crippen LogP) is 1.92. The number of aromatic nitrogens is 1. The molecule has 21 heavy (non-hydrogen) atoms. The fraction of sp³-hybridized carbons (Fsp3) is 0.438. The Hall–Kier alpha value is -2.01. The minimum absolute atomic E-state index is 0.0666. The summed E-state index contributed by atoms with van der Waals surface area (Å²) in [6.45, 7) is -2.31. The molecule has 2 aromatic rings. The number of H-pyrrole nitrogens is 1. The van der Waals surface area contributed by atoms with E-state index in [9.17, 15) is 4.79 Å². The van der Waals surface area contributed by atoms with Gasteiger partial charge in [0.2, 0.25) is 0 Å². The molecule has 5 nitrogen and oxygen atoms in total. The number of rotatable bonds is 5. The smallest absolute Gasteiger partial charge is 0.407 e. The molecule has 112 valence electrons. The van der Waals surface area contributed by atoms with Crippen LogP contribution in [0.15, 0.2) is 24.3 Å². The molecule has 1 saturated heterocycles. The van der Waals surface area contributed by atoms with Crippen LogP contribution in [0.4, 0.5) is 4.79 Å². The number of hydrogen-bond acceptors (Lipinski definition) is 3. The van der Waals surface area contributed by atoms with Gasteiger partial charge in [0.15, 0.2) is 0 Å². The van der Waals surface area contributed by atoms with Crippen molar-refractivity contribution in [1.29, 1.82) is 0 Å². The van der Waals surface area contributed by atoms with Crippen molar-refractivity contribution in [1.82, 2.24) is 15.2 Å². The Balaban J connectivity index is 2.19. The van der Waals surface area contributed by atoms with Crippen molar-refractivity contribution in [3.8, 4) is 0 Å². The van der Waals surface area contributed by atoms with Crippen molar-refractivity contribution >= 4 is 17.0 Å². The van der Waals surface area contributed by atoms with E-state index in [1.54, 1.807) is 0 Å². The molecule has 0 saturated carbocycles. The third-order valence-corrected chi connectivity index (χ3v) is 3.10. The summed E-state index contributed by atoms with van der Waals surface area (Å²) in [5.74, 6) is 0. The lowest BCUT2D eigenvalue weighted by Crippen LogP contribution is -2.28. The van der Waals surface area contributed by atoms with E-state index < -0.39 is 25.0 Å². The Labute approximate surface area is 134 Å². The zero-order valence-corrected chi connectivity index (χ0v) is 11.8. The lowest BCUT2D eigenvalue weighted by atomic mass is 10.0. The van der Waals surface area contributed by atoms with Crippen LogP contribution in [0.3, 0.4) is 0 Å². The van der Waals surface area contributed by atoms with Gasteiger partial charge in [0.25, 0.3) is 0 Å². The zero-order valence-electron chi connectivity index (χ0n) is 18.8. The van der Waals surface area contributed by atoms with Crippen LogP contribution >= 0.6 is 0 Å². The van der Waals surface area contributed by atoms with E-state index in [0.29, 0.717) is 0 Å². The number of hydrogen-bond donors (Lipinski definition) is 2. The average Bonchev–Trinajstić information content (AvgIpc) is 3.23. The Morgan fingerprint density at radius 2 is 2.38 bits per heavy atom. The molecule has 1 amide bonds. The van der Waals surface area contributed by atoms with Crippen LogP contribution in [0.1, 0.15) is 20.7 Å². The SMILES string of the molecule is [2H]c1c(C[C@H]2COC(=O)N2)c([2H])c2c(C([2H])([2H])C([2H])([2H])N(C)C)c[nH]c2c1[2H]. The fourth-order valence-electron chi connectivity index (χ4n) is 2.13. The molecule has 0 radical (unpaired) electrons. The number of aryl methyl sites for hydroxylation is 1. The van der Waals surface area contributed by atoms with Crippen LogP contribution < -0.4 is 5.32 Å². The first-order valence-electron chi connectivity index (χ1n) is 10.1.